The average Bonchev–Trinajstić information content (AvgIpc) is 2.75. The molecule has 17 heavy (non-hydrogen) atoms. The summed E-state index contributed by atoms with van der Waals surface area (Å²) in [4.78, 5) is 10.5. The Labute approximate surface area is 117 Å². The summed E-state index contributed by atoms with van der Waals surface area (Å²) in [5, 5.41) is 0.987. The molecule has 88 valence electrons. The fourth-order valence-electron chi connectivity index (χ4n) is 1.34. The SMILES string of the molecule is O=Cc1ccc(-c2c(Cl)c(Cl)cc(Cl)c2Cl)o1. The van der Waals surface area contributed by atoms with Gasteiger partial charge in [-0.15, -0.1) is 0 Å². The molecule has 0 saturated heterocycles. The van der Waals surface area contributed by atoms with Crippen molar-refractivity contribution in [3.05, 3.63) is 44.0 Å². The van der Waals surface area contributed by atoms with E-state index in [-0.39, 0.29) is 25.9 Å². The number of carbonyl (C=O) groups excluding carboxylic acids is 1. The van der Waals surface area contributed by atoms with Crippen LogP contribution in [0.4, 0.5) is 0 Å². The quantitative estimate of drug-likeness (QED) is 0.551. The van der Waals surface area contributed by atoms with Gasteiger partial charge in [0, 0.05) is 0 Å². The molecule has 1 aromatic carbocycles. The van der Waals surface area contributed by atoms with Crippen LogP contribution in [-0.2, 0) is 0 Å². The molecular formula is C11H4Cl4O2. The van der Waals surface area contributed by atoms with Gasteiger partial charge < -0.3 is 4.42 Å². The largest absolute Gasteiger partial charge is 0.453 e. The normalized spacial score (nSPS) is 10.6. The number of rotatable bonds is 2. The molecule has 0 unspecified atom stereocenters. The molecule has 0 saturated carbocycles. The second-order valence-corrected chi connectivity index (χ2v) is 4.73. The minimum absolute atomic E-state index is 0.170. The van der Waals surface area contributed by atoms with Gasteiger partial charge in [0.15, 0.2) is 12.0 Å². The molecule has 2 rings (SSSR count). The van der Waals surface area contributed by atoms with Crippen molar-refractivity contribution in [2.75, 3.05) is 0 Å². The number of aldehydes is 1. The summed E-state index contributed by atoms with van der Waals surface area (Å²) in [6.45, 7) is 0. The Morgan fingerprint density at radius 3 is 2.06 bits per heavy atom. The van der Waals surface area contributed by atoms with Gasteiger partial charge in [-0.25, -0.2) is 0 Å². The van der Waals surface area contributed by atoms with E-state index < -0.39 is 0 Å². The molecule has 0 N–H and O–H groups in total. The lowest BCUT2D eigenvalue weighted by molar-refractivity contribution is 0.110. The third-order valence-electron chi connectivity index (χ3n) is 2.10. The van der Waals surface area contributed by atoms with Crippen LogP contribution in [0, 0.1) is 0 Å². The number of benzene rings is 1. The average molecular weight is 310 g/mol. The lowest BCUT2D eigenvalue weighted by Crippen LogP contribution is -1.82. The second-order valence-electron chi connectivity index (χ2n) is 3.16. The van der Waals surface area contributed by atoms with Crippen LogP contribution in [0.3, 0.4) is 0 Å². The summed E-state index contributed by atoms with van der Waals surface area (Å²) in [6, 6.07) is 4.52. The van der Waals surface area contributed by atoms with Crippen molar-refractivity contribution in [2.45, 2.75) is 0 Å². The third kappa shape index (κ3) is 2.31. The maximum Gasteiger partial charge on any atom is 0.185 e. The number of halogens is 4. The predicted molar refractivity (Wildman–Crippen MR) is 69.6 cm³/mol. The number of furan rings is 1. The first-order valence-electron chi connectivity index (χ1n) is 4.43. The molecule has 0 aliphatic heterocycles. The zero-order valence-corrected chi connectivity index (χ0v) is 11.2. The first kappa shape index (κ1) is 12.8. The van der Waals surface area contributed by atoms with Gasteiger partial charge in [0.25, 0.3) is 0 Å². The fourth-order valence-corrected chi connectivity index (χ4v) is 2.34. The Morgan fingerprint density at radius 1 is 1.00 bits per heavy atom. The van der Waals surface area contributed by atoms with Gasteiger partial charge in [0.1, 0.15) is 5.76 Å². The fraction of sp³-hybridized carbons (Fsp3) is 0. The van der Waals surface area contributed by atoms with Crippen molar-refractivity contribution >= 4 is 52.7 Å². The Balaban J connectivity index is 2.69. The van der Waals surface area contributed by atoms with Crippen molar-refractivity contribution in [1.82, 2.24) is 0 Å². The summed E-state index contributed by atoms with van der Waals surface area (Å²) in [5.74, 6) is 0.509. The summed E-state index contributed by atoms with van der Waals surface area (Å²) in [5.41, 5.74) is 0.374. The van der Waals surface area contributed by atoms with Crippen molar-refractivity contribution in [3.63, 3.8) is 0 Å². The highest BCUT2D eigenvalue weighted by molar-refractivity contribution is 6.50. The summed E-state index contributed by atoms with van der Waals surface area (Å²) >= 11 is 23.9. The molecule has 0 aliphatic rings. The van der Waals surface area contributed by atoms with Gasteiger partial charge in [-0.2, -0.15) is 0 Å². The van der Waals surface area contributed by atoms with E-state index in [0.717, 1.165) is 0 Å². The standard InChI is InChI=1S/C11H4Cl4O2/c12-6-3-7(13)11(15)9(10(6)14)8-2-1-5(4-16)17-8/h1-4H. The molecule has 0 spiro atoms. The van der Waals surface area contributed by atoms with E-state index in [1.54, 1.807) is 6.07 Å². The van der Waals surface area contributed by atoms with Gasteiger partial charge >= 0.3 is 0 Å². The third-order valence-corrected chi connectivity index (χ3v) is 3.68. The molecular weight excluding hydrogens is 306 g/mol. The van der Waals surface area contributed by atoms with Gasteiger partial charge in [-0.05, 0) is 18.2 Å². The van der Waals surface area contributed by atoms with Gasteiger partial charge in [-0.3, -0.25) is 4.79 Å². The zero-order chi connectivity index (χ0) is 12.6. The van der Waals surface area contributed by atoms with Crippen molar-refractivity contribution in [1.29, 1.82) is 0 Å². The van der Waals surface area contributed by atoms with E-state index in [1.807, 2.05) is 0 Å². The minimum Gasteiger partial charge on any atom is -0.453 e. The van der Waals surface area contributed by atoms with Gasteiger partial charge in [0.2, 0.25) is 0 Å². The molecule has 1 heterocycles. The van der Waals surface area contributed by atoms with E-state index in [2.05, 4.69) is 0 Å². The highest BCUT2D eigenvalue weighted by Crippen LogP contribution is 2.43. The second kappa shape index (κ2) is 4.91. The van der Waals surface area contributed by atoms with Gasteiger partial charge in [-0.1, -0.05) is 46.4 Å². The van der Waals surface area contributed by atoms with Crippen LogP contribution in [0.15, 0.2) is 22.6 Å². The molecule has 1 aromatic heterocycles. The van der Waals surface area contributed by atoms with Crippen LogP contribution >= 0.6 is 46.4 Å². The maximum absolute atomic E-state index is 10.5. The predicted octanol–water partition coefficient (Wildman–Crippen LogP) is 5.37. The van der Waals surface area contributed by atoms with Crippen LogP contribution < -0.4 is 0 Å². The molecule has 0 radical (unpaired) electrons. The van der Waals surface area contributed by atoms with Gasteiger partial charge in [0.05, 0.1) is 25.7 Å². The van der Waals surface area contributed by atoms with E-state index in [1.165, 1.54) is 12.1 Å². The van der Waals surface area contributed by atoms with E-state index >= 15 is 0 Å². The van der Waals surface area contributed by atoms with Crippen molar-refractivity contribution < 1.29 is 9.21 Å². The van der Waals surface area contributed by atoms with E-state index in [9.17, 15) is 4.79 Å². The molecule has 2 nitrogen and oxygen atoms in total. The molecule has 0 bridgehead atoms. The maximum atomic E-state index is 10.5. The summed E-state index contributed by atoms with van der Waals surface area (Å²) in [7, 11) is 0. The Kier molecular flexibility index (Phi) is 3.69. The van der Waals surface area contributed by atoms with Crippen LogP contribution in [0.2, 0.25) is 20.1 Å². The zero-order valence-electron chi connectivity index (χ0n) is 8.14. The Morgan fingerprint density at radius 2 is 1.59 bits per heavy atom. The number of hydrogen-bond acceptors (Lipinski definition) is 2. The molecule has 0 fully saturated rings. The monoisotopic (exact) mass is 308 g/mol. The first-order chi connectivity index (χ1) is 8.04. The van der Waals surface area contributed by atoms with E-state index in [4.69, 9.17) is 50.8 Å². The Bertz CT molecular complexity index is 563. The van der Waals surface area contributed by atoms with E-state index in [0.29, 0.717) is 17.6 Å². The van der Waals surface area contributed by atoms with Crippen LogP contribution in [0.1, 0.15) is 10.6 Å². The molecule has 0 amide bonds. The Hall–Kier alpha value is -0.670. The smallest absolute Gasteiger partial charge is 0.185 e. The highest BCUT2D eigenvalue weighted by Gasteiger charge is 2.18. The minimum atomic E-state index is 0.170. The summed E-state index contributed by atoms with van der Waals surface area (Å²) < 4.78 is 5.24. The highest BCUT2D eigenvalue weighted by atomic mass is 35.5. The van der Waals surface area contributed by atoms with Crippen LogP contribution in [-0.4, -0.2) is 6.29 Å². The molecule has 2 aromatic rings. The lowest BCUT2D eigenvalue weighted by Gasteiger charge is -2.07. The van der Waals surface area contributed by atoms with Crippen molar-refractivity contribution in [2.24, 2.45) is 0 Å². The number of carbonyl (C=O) groups is 1. The van der Waals surface area contributed by atoms with Crippen LogP contribution in [0.5, 0.6) is 0 Å². The van der Waals surface area contributed by atoms with Crippen LogP contribution in [0.25, 0.3) is 11.3 Å². The molecule has 6 heteroatoms. The molecule has 0 atom stereocenters. The first-order valence-corrected chi connectivity index (χ1v) is 5.94. The van der Waals surface area contributed by atoms with Crippen molar-refractivity contribution in [3.8, 4) is 11.3 Å². The molecule has 0 aliphatic carbocycles. The summed E-state index contributed by atoms with van der Waals surface area (Å²) in [6.07, 6.45) is 0.581. The topological polar surface area (TPSA) is 30.2 Å². The number of hydrogen-bond donors (Lipinski definition) is 0. The lowest BCUT2D eigenvalue weighted by atomic mass is 10.1.